The second-order valence-corrected chi connectivity index (χ2v) is 9.47. The molecular weight excluding hydrogens is 398 g/mol. The van der Waals surface area contributed by atoms with E-state index in [1.54, 1.807) is 4.90 Å². The van der Waals surface area contributed by atoms with Crippen molar-refractivity contribution in [1.29, 1.82) is 0 Å². The summed E-state index contributed by atoms with van der Waals surface area (Å²) in [4.78, 5) is 17.1. The third kappa shape index (κ3) is 4.55. The third-order valence-corrected chi connectivity index (χ3v) is 7.04. The maximum Gasteiger partial charge on any atom is 0.243 e. The van der Waals surface area contributed by atoms with Crippen molar-refractivity contribution < 1.29 is 13.2 Å². The molecule has 6 nitrogen and oxygen atoms in total. The molecule has 1 amide bonds. The van der Waals surface area contributed by atoms with E-state index in [4.69, 9.17) is 11.6 Å². The summed E-state index contributed by atoms with van der Waals surface area (Å²) in [5.41, 5.74) is 1.05. The molecule has 1 atom stereocenters. The van der Waals surface area contributed by atoms with Gasteiger partial charge in [-0.3, -0.25) is 4.79 Å². The molecule has 0 bridgehead atoms. The van der Waals surface area contributed by atoms with Gasteiger partial charge in [0.05, 0.1) is 17.5 Å². The highest BCUT2D eigenvalue weighted by Crippen LogP contribution is 2.25. The molecule has 1 heterocycles. The predicted octanol–water partition coefficient (Wildman–Crippen LogP) is 2.48. The minimum Gasteiger partial charge on any atom is -0.332 e. The lowest BCUT2D eigenvalue weighted by atomic mass is 10.0. The van der Waals surface area contributed by atoms with E-state index >= 15 is 0 Å². The van der Waals surface area contributed by atoms with Crippen LogP contribution in [-0.2, 0) is 14.8 Å². The van der Waals surface area contributed by atoms with Crippen molar-refractivity contribution in [2.45, 2.75) is 10.9 Å². The fraction of sp³-hybridized carbons (Fsp3) is 0.350. The molecule has 1 unspecified atom stereocenters. The lowest BCUT2D eigenvalue weighted by molar-refractivity contribution is -0.136. The number of carbonyl (C=O) groups is 1. The molecule has 0 aromatic heterocycles. The quantitative estimate of drug-likeness (QED) is 0.744. The molecule has 3 rings (SSSR count). The van der Waals surface area contributed by atoms with Gasteiger partial charge in [-0.05, 0) is 36.9 Å². The first-order chi connectivity index (χ1) is 13.3. The van der Waals surface area contributed by atoms with Crippen LogP contribution in [0.2, 0.25) is 5.02 Å². The van der Waals surface area contributed by atoms with E-state index in [1.807, 2.05) is 37.4 Å². The molecule has 0 N–H and O–H groups in total. The number of likely N-dealkylation sites (N-methyl/N-ethyl adjacent to an activating group) is 2. The number of benzene rings is 2. The average molecular weight is 422 g/mol. The van der Waals surface area contributed by atoms with Gasteiger partial charge in [0.25, 0.3) is 0 Å². The predicted molar refractivity (Wildman–Crippen MR) is 110 cm³/mol. The van der Waals surface area contributed by atoms with Crippen LogP contribution in [0, 0.1) is 0 Å². The molecule has 28 heavy (non-hydrogen) atoms. The molecule has 0 spiro atoms. The Hall–Kier alpha value is -1.93. The highest BCUT2D eigenvalue weighted by atomic mass is 35.5. The van der Waals surface area contributed by atoms with Gasteiger partial charge in [-0.15, -0.1) is 0 Å². The number of amides is 1. The standard InChI is InChI=1S/C20H24ClN3O3S/c1-22-12-13-24(19(14-22)16-6-4-3-5-7-16)20(25)15-23(2)28(26,27)18-10-8-17(21)9-11-18/h3-11,19H,12-15H2,1-2H3. The highest BCUT2D eigenvalue weighted by Gasteiger charge is 2.32. The SMILES string of the molecule is CN1CCN(C(=O)CN(C)S(=O)(=O)c2ccc(Cl)cc2)C(c2ccccc2)C1. The zero-order valence-electron chi connectivity index (χ0n) is 16.0. The van der Waals surface area contributed by atoms with Crippen molar-refractivity contribution in [2.75, 3.05) is 40.3 Å². The van der Waals surface area contributed by atoms with Crippen molar-refractivity contribution in [1.82, 2.24) is 14.1 Å². The Labute approximate surface area is 171 Å². The molecule has 2 aromatic rings. The van der Waals surface area contributed by atoms with Gasteiger partial charge >= 0.3 is 0 Å². The second kappa shape index (κ2) is 8.61. The van der Waals surface area contributed by atoms with Crippen LogP contribution >= 0.6 is 11.6 Å². The fourth-order valence-corrected chi connectivity index (χ4v) is 4.58. The maximum absolute atomic E-state index is 13.0. The molecular formula is C20H24ClN3O3S. The molecule has 0 saturated carbocycles. The minimum absolute atomic E-state index is 0.0981. The Morgan fingerprint density at radius 1 is 1.11 bits per heavy atom. The fourth-order valence-electron chi connectivity index (χ4n) is 3.33. The van der Waals surface area contributed by atoms with Crippen LogP contribution in [0.3, 0.4) is 0 Å². The van der Waals surface area contributed by atoms with Crippen LogP contribution in [0.15, 0.2) is 59.5 Å². The zero-order valence-corrected chi connectivity index (χ0v) is 17.5. The molecule has 1 saturated heterocycles. The number of hydrogen-bond donors (Lipinski definition) is 0. The summed E-state index contributed by atoms with van der Waals surface area (Å²) in [6.07, 6.45) is 0. The van der Waals surface area contributed by atoms with Crippen LogP contribution in [0.25, 0.3) is 0 Å². The number of carbonyl (C=O) groups excluding carboxylic acids is 1. The monoisotopic (exact) mass is 421 g/mol. The Balaban J connectivity index is 1.77. The molecule has 0 aliphatic carbocycles. The summed E-state index contributed by atoms with van der Waals surface area (Å²) in [5.74, 6) is -0.206. The number of hydrogen-bond acceptors (Lipinski definition) is 4. The zero-order chi connectivity index (χ0) is 20.3. The number of piperazine rings is 1. The summed E-state index contributed by atoms with van der Waals surface area (Å²) in [6.45, 7) is 1.81. The van der Waals surface area contributed by atoms with Gasteiger partial charge in [-0.1, -0.05) is 41.9 Å². The maximum atomic E-state index is 13.0. The van der Waals surface area contributed by atoms with E-state index < -0.39 is 10.0 Å². The smallest absolute Gasteiger partial charge is 0.243 e. The van der Waals surface area contributed by atoms with Crippen molar-refractivity contribution in [3.05, 3.63) is 65.2 Å². The summed E-state index contributed by atoms with van der Waals surface area (Å²) >= 11 is 5.84. The summed E-state index contributed by atoms with van der Waals surface area (Å²) < 4.78 is 26.6. The van der Waals surface area contributed by atoms with Crippen molar-refractivity contribution in [3.8, 4) is 0 Å². The first-order valence-corrected chi connectivity index (χ1v) is 10.9. The lowest BCUT2D eigenvalue weighted by Crippen LogP contribution is -2.52. The Bertz CT molecular complexity index is 919. The van der Waals surface area contributed by atoms with Crippen LogP contribution in [0.4, 0.5) is 0 Å². The number of sulfonamides is 1. The van der Waals surface area contributed by atoms with E-state index in [0.717, 1.165) is 16.4 Å². The van der Waals surface area contributed by atoms with Crippen molar-refractivity contribution in [2.24, 2.45) is 0 Å². The van der Waals surface area contributed by atoms with Gasteiger partial charge in [0, 0.05) is 31.7 Å². The van der Waals surface area contributed by atoms with Gasteiger partial charge in [0.2, 0.25) is 15.9 Å². The highest BCUT2D eigenvalue weighted by molar-refractivity contribution is 7.89. The van der Waals surface area contributed by atoms with E-state index in [1.165, 1.54) is 31.3 Å². The molecule has 1 fully saturated rings. The van der Waals surface area contributed by atoms with Gasteiger partial charge in [-0.2, -0.15) is 4.31 Å². The summed E-state index contributed by atoms with van der Waals surface area (Å²) in [5, 5.41) is 0.459. The van der Waals surface area contributed by atoms with E-state index in [2.05, 4.69) is 4.90 Å². The van der Waals surface area contributed by atoms with Crippen LogP contribution in [0.1, 0.15) is 11.6 Å². The first-order valence-electron chi connectivity index (χ1n) is 9.04. The number of halogens is 1. The molecule has 1 aliphatic heterocycles. The topological polar surface area (TPSA) is 60.9 Å². The lowest BCUT2D eigenvalue weighted by Gasteiger charge is -2.40. The van der Waals surface area contributed by atoms with E-state index in [9.17, 15) is 13.2 Å². The molecule has 1 aliphatic rings. The minimum atomic E-state index is -3.77. The molecule has 2 aromatic carbocycles. The van der Waals surface area contributed by atoms with E-state index in [-0.39, 0.29) is 23.4 Å². The molecule has 0 radical (unpaired) electrons. The van der Waals surface area contributed by atoms with Crippen LogP contribution < -0.4 is 0 Å². The Kier molecular flexibility index (Phi) is 6.40. The van der Waals surface area contributed by atoms with Gasteiger partial charge in [-0.25, -0.2) is 8.42 Å². The third-order valence-electron chi connectivity index (χ3n) is 4.97. The first kappa shape index (κ1) is 20.8. The summed E-state index contributed by atoms with van der Waals surface area (Å²) in [6, 6.07) is 15.7. The largest absolute Gasteiger partial charge is 0.332 e. The molecule has 8 heteroatoms. The normalized spacial score (nSPS) is 18.4. The summed E-state index contributed by atoms with van der Waals surface area (Å²) in [7, 11) is -0.317. The van der Waals surface area contributed by atoms with E-state index in [0.29, 0.717) is 18.1 Å². The Morgan fingerprint density at radius 2 is 1.75 bits per heavy atom. The van der Waals surface area contributed by atoms with Gasteiger partial charge < -0.3 is 9.80 Å². The Morgan fingerprint density at radius 3 is 2.39 bits per heavy atom. The van der Waals surface area contributed by atoms with Crippen molar-refractivity contribution >= 4 is 27.5 Å². The number of rotatable bonds is 5. The second-order valence-electron chi connectivity index (χ2n) is 6.99. The number of nitrogens with zero attached hydrogens (tertiary/aromatic N) is 3. The van der Waals surface area contributed by atoms with Gasteiger partial charge in [0.15, 0.2) is 0 Å². The van der Waals surface area contributed by atoms with Crippen LogP contribution in [-0.4, -0.2) is 68.7 Å². The average Bonchev–Trinajstić information content (AvgIpc) is 2.68. The van der Waals surface area contributed by atoms with Crippen LogP contribution in [0.5, 0.6) is 0 Å². The van der Waals surface area contributed by atoms with Crippen molar-refractivity contribution in [3.63, 3.8) is 0 Å². The molecule has 150 valence electrons. The van der Waals surface area contributed by atoms with Gasteiger partial charge in [0.1, 0.15) is 0 Å².